The maximum atomic E-state index is 12.9. The van der Waals surface area contributed by atoms with E-state index in [0.29, 0.717) is 11.4 Å². The number of benzene rings is 1. The minimum Gasteiger partial charge on any atom is -0.397 e. The average molecular weight is 203 g/mol. The minimum absolute atomic E-state index is 0.0809. The van der Waals surface area contributed by atoms with Crippen molar-refractivity contribution in [2.24, 2.45) is 0 Å². The SMILES string of the molecule is CC(C)Nc1cc(Cl)c(F)cc1N. The van der Waals surface area contributed by atoms with Crippen molar-refractivity contribution in [2.75, 3.05) is 11.1 Å². The summed E-state index contributed by atoms with van der Waals surface area (Å²) in [6.45, 7) is 3.94. The molecule has 4 heteroatoms. The molecule has 0 bridgehead atoms. The molecule has 0 saturated heterocycles. The van der Waals surface area contributed by atoms with Gasteiger partial charge in [0, 0.05) is 12.1 Å². The molecule has 3 N–H and O–H groups in total. The molecule has 0 aliphatic rings. The molecule has 72 valence electrons. The van der Waals surface area contributed by atoms with Crippen molar-refractivity contribution >= 4 is 23.0 Å². The summed E-state index contributed by atoms with van der Waals surface area (Å²) in [5, 5.41) is 3.15. The Labute approximate surface area is 81.9 Å². The van der Waals surface area contributed by atoms with Crippen LogP contribution in [0.25, 0.3) is 0 Å². The molecule has 0 spiro atoms. The molecule has 0 heterocycles. The topological polar surface area (TPSA) is 38.0 Å². The van der Waals surface area contributed by atoms with E-state index < -0.39 is 5.82 Å². The highest BCUT2D eigenvalue weighted by molar-refractivity contribution is 6.31. The fraction of sp³-hybridized carbons (Fsp3) is 0.333. The Morgan fingerprint density at radius 2 is 2.08 bits per heavy atom. The number of nitrogens with one attached hydrogen (secondary N) is 1. The minimum atomic E-state index is -0.492. The van der Waals surface area contributed by atoms with Gasteiger partial charge in [-0.3, -0.25) is 0 Å². The van der Waals surface area contributed by atoms with Crippen LogP contribution in [0.5, 0.6) is 0 Å². The summed E-state index contributed by atoms with van der Waals surface area (Å²) in [4.78, 5) is 0. The predicted molar refractivity (Wildman–Crippen MR) is 54.6 cm³/mol. The fourth-order valence-corrected chi connectivity index (χ4v) is 1.16. The maximum Gasteiger partial charge on any atom is 0.143 e. The summed E-state index contributed by atoms with van der Waals surface area (Å²) < 4.78 is 12.9. The fourth-order valence-electron chi connectivity index (χ4n) is 0.998. The van der Waals surface area contributed by atoms with Crippen LogP contribution in [0.3, 0.4) is 0 Å². The second kappa shape index (κ2) is 3.83. The van der Waals surface area contributed by atoms with Gasteiger partial charge in [0.2, 0.25) is 0 Å². The summed E-state index contributed by atoms with van der Waals surface area (Å²) in [5.74, 6) is -0.492. The summed E-state index contributed by atoms with van der Waals surface area (Å²) in [5.41, 5.74) is 6.62. The van der Waals surface area contributed by atoms with Gasteiger partial charge in [0.15, 0.2) is 0 Å². The van der Waals surface area contributed by atoms with E-state index in [1.807, 2.05) is 13.8 Å². The molecule has 2 nitrogen and oxygen atoms in total. The monoisotopic (exact) mass is 202 g/mol. The van der Waals surface area contributed by atoms with Gasteiger partial charge in [-0.05, 0) is 19.9 Å². The van der Waals surface area contributed by atoms with E-state index >= 15 is 0 Å². The van der Waals surface area contributed by atoms with Gasteiger partial charge in [-0.15, -0.1) is 0 Å². The van der Waals surface area contributed by atoms with E-state index in [2.05, 4.69) is 5.32 Å². The Morgan fingerprint density at radius 3 is 2.62 bits per heavy atom. The molecule has 0 atom stereocenters. The molecule has 0 unspecified atom stereocenters. The van der Waals surface area contributed by atoms with E-state index in [9.17, 15) is 4.39 Å². The zero-order valence-corrected chi connectivity index (χ0v) is 8.32. The second-order valence-electron chi connectivity index (χ2n) is 3.15. The Kier molecular flexibility index (Phi) is 2.98. The Bertz CT molecular complexity index is 313. The first-order valence-corrected chi connectivity index (χ1v) is 4.39. The van der Waals surface area contributed by atoms with Crippen LogP contribution in [0.1, 0.15) is 13.8 Å². The van der Waals surface area contributed by atoms with Crippen LogP contribution in [0.2, 0.25) is 5.02 Å². The normalized spacial score (nSPS) is 10.5. The molecule has 13 heavy (non-hydrogen) atoms. The van der Waals surface area contributed by atoms with Crippen molar-refractivity contribution in [2.45, 2.75) is 19.9 Å². The van der Waals surface area contributed by atoms with Crippen molar-refractivity contribution < 1.29 is 4.39 Å². The summed E-state index contributed by atoms with van der Waals surface area (Å²) >= 11 is 5.60. The van der Waals surface area contributed by atoms with Crippen LogP contribution in [0.4, 0.5) is 15.8 Å². The maximum absolute atomic E-state index is 12.9. The van der Waals surface area contributed by atoms with Crippen molar-refractivity contribution in [3.05, 3.63) is 23.0 Å². The van der Waals surface area contributed by atoms with Gasteiger partial charge < -0.3 is 11.1 Å². The number of rotatable bonds is 2. The molecule has 1 rings (SSSR count). The highest BCUT2D eigenvalue weighted by Gasteiger charge is 2.06. The van der Waals surface area contributed by atoms with E-state index in [1.165, 1.54) is 12.1 Å². The Hall–Kier alpha value is -0.960. The van der Waals surface area contributed by atoms with Gasteiger partial charge in [0.25, 0.3) is 0 Å². The number of nitrogens with two attached hydrogens (primary N) is 1. The zero-order valence-electron chi connectivity index (χ0n) is 7.57. The third kappa shape index (κ3) is 2.49. The lowest BCUT2D eigenvalue weighted by atomic mass is 10.2. The molecule has 0 radical (unpaired) electrons. The van der Waals surface area contributed by atoms with E-state index in [-0.39, 0.29) is 11.1 Å². The third-order valence-corrected chi connectivity index (χ3v) is 1.83. The van der Waals surface area contributed by atoms with Crippen molar-refractivity contribution in [1.29, 1.82) is 0 Å². The van der Waals surface area contributed by atoms with Crippen LogP contribution < -0.4 is 11.1 Å². The third-order valence-electron chi connectivity index (χ3n) is 1.54. The molecule has 0 saturated carbocycles. The lowest BCUT2D eigenvalue weighted by Crippen LogP contribution is -2.11. The largest absolute Gasteiger partial charge is 0.397 e. The number of hydrogen-bond donors (Lipinski definition) is 2. The van der Waals surface area contributed by atoms with Gasteiger partial charge in [-0.1, -0.05) is 11.6 Å². The van der Waals surface area contributed by atoms with Gasteiger partial charge in [-0.25, -0.2) is 4.39 Å². The zero-order chi connectivity index (χ0) is 10.0. The number of halogens is 2. The average Bonchev–Trinajstić information content (AvgIpc) is 1.99. The number of hydrogen-bond acceptors (Lipinski definition) is 2. The van der Waals surface area contributed by atoms with Crippen molar-refractivity contribution in [3.63, 3.8) is 0 Å². The molecule has 0 aliphatic carbocycles. The molecule has 0 amide bonds. The first-order valence-electron chi connectivity index (χ1n) is 4.01. The lowest BCUT2D eigenvalue weighted by molar-refractivity contribution is 0.629. The molecule has 1 aromatic rings. The highest BCUT2D eigenvalue weighted by Crippen LogP contribution is 2.26. The van der Waals surface area contributed by atoms with Crippen LogP contribution in [-0.2, 0) is 0 Å². The lowest BCUT2D eigenvalue weighted by Gasteiger charge is -2.12. The highest BCUT2D eigenvalue weighted by atomic mass is 35.5. The smallest absolute Gasteiger partial charge is 0.143 e. The number of anilines is 2. The summed E-state index contributed by atoms with van der Waals surface area (Å²) in [6.07, 6.45) is 0. The van der Waals surface area contributed by atoms with Crippen molar-refractivity contribution in [3.8, 4) is 0 Å². The first kappa shape index (κ1) is 10.1. The van der Waals surface area contributed by atoms with Crippen LogP contribution in [0.15, 0.2) is 12.1 Å². The van der Waals surface area contributed by atoms with Crippen LogP contribution >= 0.6 is 11.6 Å². The van der Waals surface area contributed by atoms with Crippen LogP contribution in [0, 0.1) is 5.82 Å². The predicted octanol–water partition coefficient (Wildman–Crippen LogP) is 2.88. The van der Waals surface area contributed by atoms with Gasteiger partial charge in [-0.2, -0.15) is 0 Å². The van der Waals surface area contributed by atoms with Crippen molar-refractivity contribution in [1.82, 2.24) is 0 Å². The molecular weight excluding hydrogens is 191 g/mol. The molecule has 0 aromatic heterocycles. The van der Waals surface area contributed by atoms with Gasteiger partial charge in [0.05, 0.1) is 16.4 Å². The first-order chi connectivity index (χ1) is 6.00. The quantitative estimate of drug-likeness (QED) is 0.724. The summed E-state index contributed by atoms with van der Waals surface area (Å²) in [6, 6.07) is 2.95. The molecule has 0 fully saturated rings. The number of nitrogen functional groups attached to an aromatic ring is 1. The standard InChI is InChI=1S/C9H12ClFN2/c1-5(2)13-9-3-6(10)7(11)4-8(9)12/h3-5,13H,12H2,1-2H3. The van der Waals surface area contributed by atoms with E-state index in [0.717, 1.165) is 0 Å². The molecule has 1 aromatic carbocycles. The van der Waals surface area contributed by atoms with E-state index in [4.69, 9.17) is 17.3 Å². The van der Waals surface area contributed by atoms with E-state index in [1.54, 1.807) is 0 Å². The Morgan fingerprint density at radius 1 is 1.46 bits per heavy atom. The van der Waals surface area contributed by atoms with Crippen LogP contribution in [-0.4, -0.2) is 6.04 Å². The van der Waals surface area contributed by atoms with Gasteiger partial charge >= 0.3 is 0 Å². The van der Waals surface area contributed by atoms with Gasteiger partial charge in [0.1, 0.15) is 5.82 Å². The second-order valence-corrected chi connectivity index (χ2v) is 3.56. The summed E-state index contributed by atoms with van der Waals surface area (Å²) in [7, 11) is 0. The Balaban J connectivity index is 3.01. The molecule has 0 aliphatic heterocycles. The molecular formula is C9H12ClFN2.